The van der Waals surface area contributed by atoms with E-state index < -0.39 is 15.9 Å². The number of nitrogens with zero attached hydrogens (tertiary/aromatic N) is 4. The van der Waals surface area contributed by atoms with Gasteiger partial charge in [0.1, 0.15) is 17.2 Å². The van der Waals surface area contributed by atoms with Crippen LogP contribution in [0.2, 0.25) is 0 Å². The number of carbonyl (C=O) groups excluding carboxylic acids is 1. The Hall–Kier alpha value is -2.41. The van der Waals surface area contributed by atoms with Gasteiger partial charge in [0.05, 0.1) is 23.3 Å². The number of sulfonamides is 1. The average Bonchev–Trinajstić information content (AvgIpc) is 3.23. The lowest BCUT2D eigenvalue weighted by Crippen LogP contribution is -2.48. The number of rotatable bonds is 4. The second-order valence-electron chi connectivity index (χ2n) is 6.74. The number of ether oxygens (including phenoxy) is 1. The highest BCUT2D eigenvalue weighted by Crippen LogP contribution is 2.34. The summed E-state index contributed by atoms with van der Waals surface area (Å²) in [6, 6.07) is 4.99. The van der Waals surface area contributed by atoms with E-state index in [9.17, 15) is 13.2 Å². The van der Waals surface area contributed by atoms with Gasteiger partial charge >= 0.3 is 0 Å². The molecule has 2 aromatic rings. The number of aromatic nitrogens is 1. The largest absolute Gasteiger partial charge is 0.490 e. The topological polar surface area (TPSA) is 115 Å². The summed E-state index contributed by atoms with van der Waals surface area (Å²) < 4.78 is 33.2. The molecule has 3 heterocycles. The lowest BCUT2D eigenvalue weighted by Gasteiger charge is -2.34. The van der Waals surface area contributed by atoms with Gasteiger partial charge in [-0.25, -0.2) is 18.9 Å². The van der Waals surface area contributed by atoms with Gasteiger partial charge in [-0.05, 0) is 12.1 Å². The zero-order chi connectivity index (χ0) is 20.6. The Labute approximate surface area is 172 Å². The molecule has 2 aliphatic rings. The third kappa shape index (κ3) is 3.75. The van der Waals surface area contributed by atoms with Gasteiger partial charge in [-0.2, -0.15) is 4.31 Å². The van der Waals surface area contributed by atoms with E-state index in [1.807, 2.05) is 16.8 Å². The van der Waals surface area contributed by atoms with Crippen LogP contribution in [0.1, 0.15) is 9.67 Å². The second-order valence-corrected chi connectivity index (χ2v) is 9.69. The van der Waals surface area contributed by atoms with E-state index in [1.165, 1.54) is 10.5 Å². The van der Waals surface area contributed by atoms with Crippen molar-refractivity contribution < 1.29 is 23.2 Å². The number of piperazine rings is 1. The first-order valence-electron chi connectivity index (χ1n) is 9.03. The quantitative estimate of drug-likeness (QED) is 0.526. The first-order chi connectivity index (χ1) is 13.9. The number of benzene rings is 1. The van der Waals surface area contributed by atoms with Crippen molar-refractivity contribution in [2.24, 2.45) is 0 Å². The van der Waals surface area contributed by atoms with E-state index in [-0.39, 0.29) is 9.77 Å². The molecule has 1 saturated heterocycles. The van der Waals surface area contributed by atoms with Gasteiger partial charge in [-0.15, -0.1) is 0 Å². The summed E-state index contributed by atoms with van der Waals surface area (Å²) in [6.07, 6.45) is 1.39. The molecule has 29 heavy (non-hydrogen) atoms. The maximum Gasteiger partial charge on any atom is 0.286 e. The Morgan fingerprint density at radius 1 is 1.24 bits per heavy atom. The van der Waals surface area contributed by atoms with E-state index >= 15 is 0 Å². The van der Waals surface area contributed by atoms with Gasteiger partial charge in [0, 0.05) is 39.3 Å². The molecule has 0 radical (unpaired) electrons. The molecule has 0 unspecified atom stereocenters. The first-order valence-corrected chi connectivity index (χ1v) is 11.3. The highest BCUT2D eigenvalue weighted by atomic mass is 32.2. The van der Waals surface area contributed by atoms with E-state index in [4.69, 9.17) is 9.94 Å². The third-order valence-corrected chi connectivity index (χ3v) is 7.94. The zero-order valence-corrected chi connectivity index (χ0v) is 17.4. The molecule has 0 bridgehead atoms. The molecule has 12 heteroatoms. The number of hydrogen-bond donors (Lipinski definition) is 2. The highest BCUT2D eigenvalue weighted by Gasteiger charge is 2.31. The van der Waals surface area contributed by atoms with Crippen LogP contribution < -0.4 is 20.0 Å². The van der Waals surface area contributed by atoms with Crippen LogP contribution in [0, 0.1) is 0 Å². The fourth-order valence-electron chi connectivity index (χ4n) is 3.34. The molecule has 0 atom stereocenters. The van der Waals surface area contributed by atoms with Crippen LogP contribution in [0.25, 0.3) is 0 Å². The summed E-state index contributed by atoms with van der Waals surface area (Å²) in [5.41, 5.74) is 2.46. The van der Waals surface area contributed by atoms with E-state index in [1.54, 1.807) is 23.7 Å². The molecule has 2 N–H and O–H groups in total. The minimum atomic E-state index is -3.64. The Balaban J connectivity index is 1.46. The van der Waals surface area contributed by atoms with Crippen molar-refractivity contribution in [2.75, 3.05) is 56.2 Å². The van der Waals surface area contributed by atoms with Crippen LogP contribution in [-0.4, -0.2) is 75.2 Å². The predicted molar refractivity (Wildman–Crippen MR) is 108 cm³/mol. The van der Waals surface area contributed by atoms with Crippen molar-refractivity contribution >= 4 is 38.1 Å². The van der Waals surface area contributed by atoms with E-state index in [2.05, 4.69) is 4.98 Å². The van der Waals surface area contributed by atoms with Crippen molar-refractivity contribution in [1.82, 2.24) is 14.8 Å². The smallest absolute Gasteiger partial charge is 0.286 e. The molecular weight excluding hydrogens is 418 g/mol. The molecular formula is C17H21N5O5S2. The van der Waals surface area contributed by atoms with Crippen LogP contribution in [0.15, 0.2) is 29.3 Å². The standard InChI is InChI=1S/C17H21N5O5S2/c1-20-8-9-27-14-10-12(2-3-13(14)20)29(25,26)22-6-4-21(5-7-22)17-18-11-15(28-17)16(23)19-24/h2-3,10-11,24H,4-9H2,1H3,(H,19,23). The SMILES string of the molecule is CN1CCOc2cc(S(=O)(=O)N3CCN(c4ncc(C(=O)NO)s4)CC3)ccc21. The Bertz CT molecular complexity index is 1020. The normalized spacial score (nSPS) is 17.6. The van der Waals surface area contributed by atoms with Gasteiger partial charge < -0.3 is 14.5 Å². The predicted octanol–water partition coefficient (Wildman–Crippen LogP) is 0.602. The molecule has 0 spiro atoms. The summed E-state index contributed by atoms with van der Waals surface area (Å²) >= 11 is 1.15. The van der Waals surface area contributed by atoms with Crippen LogP contribution in [0.5, 0.6) is 5.75 Å². The summed E-state index contributed by atoms with van der Waals surface area (Å²) in [6.45, 7) is 2.81. The fraction of sp³-hybridized carbons (Fsp3) is 0.412. The molecule has 1 aromatic heterocycles. The maximum atomic E-state index is 13.1. The van der Waals surface area contributed by atoms with Crippen LogP contribution in [0.4, 0.5) is 10.8 Å². The number of thiazole rings is 1. The molecule has 4 rings (SSSR count). The number of likely N-dealkylation sites (N-methyl/N-ethyl adjacent to an activating group) is 1. The van der Waals surface area contributed by atoms with E-state index in [0.29, 0.717) is 43.7 Å². The van der Waals surface area contributed by atoms with Crippen LogP contribution in [0.3, 0.4) is 0 Å². The first kappa shape index (κ1) is 19.9. The van der Waals surface area contributed by atoms with Crippen molar-refractivity contribution in [3.8, 4) is 5.75 Å². The van der Waals surface area contributed by atoms with Crippen molar-refractivity contribution in [3.05, 3.63) is 29.3 Å². The van der Waals surface area contributed by atoms with Gasteiger partial charge in [0.15, 0.2) is 5.13 Å². The zero-order valence-electron chi connectivity index (χ0n) is 15.7. The number of carbonyl (C=O) groups is 1. The minimum Gasteiger partial charge on any atom is -0.490 e. The van der Waals surface area contributed by atoms with Gasteiger partial charge in [0.25, 0.3) is 5.91 Å². The van der Waals surface area contributed by atoms with Crippen molar-refractivity contribution in [3.63, 3.8) is 0 Å². The molecule has 0 aliphatic carbocycles. The summed E-state index contributed by atoms with van der Waals surface area (Å²) in [5, 5.41) is 9.33. The van der Waals surface area contributed by atoms with Gasteiger partial charge in [-0.3, -0.25) is 10.0 Å². The minimum absolute atomic E-state index is 0.219. The summed E-state index contributed by atoms with van der Waals surface area (Å²) in [5.74, 6) is -0.0360. The highest BCUT2D eigenvalue weighted by molar-refractivity contribution is 7.89. The molecule has 156 valence electrons. The molecule has 1 fully saturated rings. The summed E-state index contributed by atoms with van der Waals surface area (Å²) in [7, 11) is -1.69. The molecule has 1 aromatic carbocycles. The van der Waals surface area contributed by atoms with Gasteiger partial charge in [-0.1, -0.05) is 11.3 Å². The Morgan fingerprint density at radius 2 is 2.00 bits per heavy atom. The molecule has 1 amide bonds. The number of hydroxylamine groups is 1. The lowest BCUT2D eigenvalue weighted by molar-refractivity contribution is 0.0710. The fourth-order valence-corrected chi connectivity index (χ4v) is 5.63. The molecule has 10 nitrogen and oxygen atoms in total. The van der Waals surface area contributed by atoms with E-state index in [0.717, 1.165) is 23.6 Å². The average molecular weight is 440 g/mol. The number of hydrogen-bond acceptors (Lipinski definition) is 9. The van der Waals surface area contributed by atoms with Crippen LogP contribution >= 0.6 is 11.3 Å². The number of nitrogens with one attached hydrogen (secondary N) is 1. The summed E-state index contributed by atoms with van der Waals surface area (Å²) in [4.78, 5) is 20.1. The Morgan fingerprint density at radius 3 is 2.72 bits per heavy atom. The maximum absolute atomic E-state index is 13.1. The lowest BCUT2D eigenvalue weighted by atomic mass is 10.2. The molecule has 2 aliphatic heterocycles. The van der Waals surface area contributed by atoms with Crippen molar-refractivity contribution in [2.45, 2.75) is 4.90 Å². The number of fused-ring (bicyclic) bond motifs is 1. The van der Waals surface area contributed by atoms with Crippen molar-refractivity contribution in [1.29, 1.82) is 0 Å². The monoisotopic (exact) mass is 439 g/mol. The van der Waals surface area contributed by atoms with Crippen LogP contribution in [-0.2, 0) is 10.0 Å². The third-order valence-electron chi connectivity index (χ3n) is 4.99. The number of amides is 1. The Kier molecular flexibility index (Phi) is 5.34. The number of anilines is 2. The molecule has 0 saturated carbocycles. The second kappa shape index (κ2) is 7.78. The van der Waals surface area contributed by atoms with Gasteiger partial charge in [0.2, 0.25) is 10.0 Å².